The van der Waals surface area contributed by atoms with Crippen LogP contribution in [0, 0.1) is 17.7 Å². The van der Waals surface area contributed by atoms with Gasteiger partial charge in [0.1, 0.15) is 5.82 Å². The number of carbonyl (C=O) groups excluding carboxylic acids is 1. The molecule has 1 aliphatic rings. The molecule has 5 heteroatoms. The van der Waals surface area contributed by atoms with Gasteiger partial charge in [0.25, 0.3) is 0 Å². The summed E-state index contributed by atoms with van der Waals surface area (Å²) in [7, 11) is -0.484. The average molecular weight is 296 g/mol. The lowest BCUT2D eigenvalue weighted by molar-refractivity contribution is -0.144. The number of hydrogen-bond donors (Lipinski definition) is 0. The van der Waals surface area contributed by atoms with E-state index in [1.165, 1.54) is 19.2 Å². The van der Waals surface area contributed by atoms with Gasteiger partial charge in [-0.2, -0.15) is 0 Å². The van der Waals surface area contributed by atoms with Crippen molar-refractivity contribution in [2.24, 2.45) is 11.8 Å². The normalized spacial score (nSPS) is 29.1. The summed E-state index contributed by atoms with van der Waals surface area (Å²) >= 11 is 0. The monoisotopic (exact) mass is 296 g/mol. The van der Waals surface area contributed by atoms with E-state index in [0.29, 0.717) is 0 Å². The quantitative estimate of drug-likeness (QED) is 0.631. The van der Waals surface area contributed by atoms with E-state index in [4.69, 9.17) is 9.16 Å². The number of esters is 1. The molecule has 1 aromatic carbocycles. The molecule has 0 radical (unpaired) electrons. The van der Waals surface area contributed by atoms with Gasteiger partial charge in [-0.15, -0.1) is 0 Å². The SMILES string of the molecule is COC(=O)[C@H]1[C@@H](C)[C@]1(O[Si](C)(C)C)c1ccc(F)cc1. The minimum absolute atomic E-state index is 0.0344. The van der Waals surface area contributed by atoms with E-state index in [0.717, 1.165) is 5.56 Å². The maximum atomic E-state index is 13.1. The van der Waals surface area contributed by atoms with Crippen molar-refractivity contribution < 1.29 is 18.3 Å². The van der Waals surface area contributed by atoms with E-state index in [9.17, 15) is 9.18 Å². The summed E-state index contributed by atoms with van der Waals surface area (Å²) in [5, 5.41) is 0. The van der Waals surface area contributed by atoms with Crippen LogP contribution in [0.5, 0.6) is 0 Å². The molecule has 0 amide bonds. The molecule has 0 aliphatic heterocycles. The summed E-state index contributed by atoms with van der Waals surface area (Å²) in [6.07, 6.45) is 0. The molecular weight excluding hydrogens is 275 g/mol. The summed E-state index contributed by atoms with van der Waals surface area (Å²) < 4.78 is 24.3. The van der Waals surface area contributed by atoms with Gasteiger partial charge in [-0.05, 0) is 37.3 Å². The molecule has 2 rings (SSSR count). The van der Waals surface area contributed by atoms with Crippen LogP contribution in [-0.2, 0) is 19.6 Å². The number of benzene rings is 1. The van der Waals surface area contributed by atoms with Crippen LogP contribution in [-0.4, -0.2) is 21.4 Å². The van der Waals surface area contributed by atoms with Crippen LogP contribution >= 0.6 is 0 Å². The van der Waals surface area contributed by atoms with Crippen molar-refractivity contribution in [3.8, 4) is 0 Å². The van der Waals surface area contributed by atoms with Crippen LogP contribution in [0.4, 0.5) is 4.39 Å². The first-order chi connectivity index (χ1) is 9.22. The Bertz CT molecular complexity index is 509. The highest BCUT2D eigenvalue weighted by Crippen LogP contribution is 2.62. The van der Waals surface area contributed by atoms with Crippen LogP contribution in [0.25, 0.3) is 0 Å². The highest BCUT2D eigenvalue weighted by Gasteiger charge is 2.69. The van der Waals surface area contributed by atoms with Crippen molar-refractivity contribution >= 4 is 14.3 Å². The standard InChI is InChI=1S/C15H21FO3Si/c1-10-13(14(17)18-2)15(10,19-20(3,4)5)11-6-8-12(16)9-7-11/h6-10,13H,1-5H3/t10-,13-,15+/m1/s1. The Balaban J connectivity index is 2.41. The topological polar surface area (TPSA) is 35.5 Å². The molecular formula is C15H21FO3Si. The number of methoxy groups -OCH3 is 1. The molecule has 0 aromatic heterocycles. The summed E-state index contributed by atoms with van der Waals surface area (Å²) in [5.41, 5.74) is 0.190. The predicted octanol–water partition coefficient (Wildman–Crippen LogP) is 3.31. The Labute approximate surface area is 120 Å². The lowest BCUT2D eigenvalue weighted by Crippen LogP contribution is -2.35. The zero-order valence-electron chi connectivity index (χ0n) is 12.6. The molecule has 3 atom stereocenters. The van der Waals surface area contributed by atoms with Crippen LogP contribution in [0.2, 0.25) is 19.6 Å². The smallest absolute Gasteiger partial charge is 0.312 e. The molecule has 0 heterocycles. The molecule has 0 saturated heterocycles. The fourth-order valence-electron chi connectivity index (χ4n) is 2.91. The third-order valence-electron chi connectivity index (χ3n) is 3.75. The molecule has 1 fully saturated rings. The fourth-order valence-corrected chi connectivity index (χ4v) is 4.36. The second-order valence-corrected chi connectivity index (χ2v) is 10.7. The number of halogens is 1. The van der Waals surface area contributed by atoms with Gasteiger partial charge in [-0.25, -0.2) is 4.39 Å². The average Bonchev–Trinajstić information content (AvgIpc) is 2.92. The van der Waals surface area contributed by atoms with Gasteiger partial charge in [-0.3, -0.25) is 4.79 Å². The summed E-state index contributed by atoms with van der Waals surface area (Å²) in [6, 6.07) is 6.22. The van der Waals surface area contributed by atoms with E-state index in [2.05, 4.69) is 19.6 Å². The van der Waals surface area contributed by atoms with Crippen molar-refractivity contribution in [1.82, 2.24) is 0 Å². The number of hydrogen-bond acceptors (Lipinski definition) is 3. The molecule has 0 N–H and O–H groups in total. The van der Waals surface area contributed by atoms with Crippen molar-refractivity contribution in [1.29, 1.82) is 0 Å². The summed E-state index contributed by atoms with van der Waals surface area (Å²) in [4.78, 5) is 12.0. The Morgan fingerprint density at radius 1 is 1.25 bits per heavy atom. The number of ether oxygens (including phenoxy) is 1. The maximum Gasteiger partial charge on any atom is 0.312 e. The largest absolute Gasteiger partial charge is 0.469 e. The van der Waals surface area contributed by atoms with Gasteiger partial charge >= 0.3 is 5.97 Å². The summed E-state index contributed by atoms with van der Waals surface area (Å²) in [5.74, 6) is -0.836. The highest BCUT2D eigenvalue weighted by molar-refractivity contribution is 6.69. The summed E-state index contributed by atoms with van der Waals surface area (Å²) in [6.45, 7) is 8.22. The molecule has 3 nitrogen and oxygen atoms in total. The Morgan fingerprint density at radius 2 is 1.80 bits per heavy atom. The van der Waals surface area contributed by atoms with Crippen molar-refractivity contribution in [3.63, 3.8) is 0 Å². The third kappa shape index (κ3) is 2.52. The maximum absolute atomic E-state index is 13.1. The lowest BCUT2D eigenvalue weighted by atomic mass is 10.0. The zero-order valence-corrected chi connectivity index (χ0v) is 13.6. The molecule has 0 bridgehead atoms. The first-order valence-corrected chi connectivity index (χ1v) is 10.2. The number of rotatable bonds is 4. The van der Waals surface area contributed by atoms with Gasteiger partial charge in [-0.1, -0.05) is 19.1 Å². The molecule has 1 aromatic rings. The van der Waals surface area contributed by atoms with E-state index in [1.807, 2.05) is 6.92 Å². The van der Waals surface area contributed by atoms with Gasteiger partial charge in [0.05, 0.1) is 18.6 Å². The number of carbonyl (C=O) groups is 1. The van der Waals surface area contributed by atoms with Crippen molar-refractivity contribution in [2.75, 3.05) is 7.11 Å². The lowest BCUT2D eigenvalue weighted by Gasteiger charge is -2.28. The minimum Gasteiger partial charge on any atom is -0.469 e. The van der Waals surface area contributed by atoms with Crippen LogP contribution < -0.4 is 0 Å². The molecule has 1 aliphatic carbocycles. The van der Waals surface area contributed by atoms with Crippen molar-refractivity contribution in [3.05, 3.63) is 35.6 Å². The van der Waals surface area contributed by atoms with Crippen LogP contribution in [0.1, 0.15) is 12.5 Å². The van der Waals surface area contributed by atoms with E-state index in [-0.39, 0.29) is 23.6 Å². The Morgan fingerprint density at radius 3 is 2.25 bits per heavy atom. The molecule has 20 heavy (non-hydrogen) atoms. The highest BCUT2D eigenvalue weighted by atomic mass is 28.4. The molecule has 1 saturated carbocycles. The second kappa shape index (κ2) is 4.97. The zero-order chi connectivity index (χ0) is 15.1. The van der Waals surface area contributed by atoms with Crippen LogP contribution in [0.3, 0.4) is 0 Å². The van der Waals surface area contributed by atoms with Gasteiger partial charge in [0, 0.05) is 5.92 Å². The second-order valence-electron chi connectivity index (χ2n) is 6.30. The van der Waals surface area contributed by atoms with Gasteiger partial charge in [0.2, 0.25) is 0 Å². The molecule has 0 spiro atoms. The van der Waals surface area contributed by atoms with Gasteiger partial charge < -0.3 is 9.16 Å². The van der Waals surface area contributed by atoms with Gasteiger partial charge in [0.15, 0.2) is 8.32 Å². The molecule has 0 unspecified atom stereocenters. The van der Waals surface area contributed by atoms with Crippen LogP contribution in [0.15, 0.2) is 24.3 Å². The van der Waals surface area contributed by atoms with E-state index >= 15 is 0 Å². The molecule has 110 valence electrons. The fraction of sp³-hybridized carbons (Fsp3) is 0.533. The van der Waals surface area contributed by atoms with E-state index in [1.54, 1.807) is 12.1 Å². The Kier molecular flexibility index (Phi) is 3.77. The Hall–Kier alpha value is -1.20. The minimum atomic E-state index is -1.87. The van der Waals surface area contributed by atoms with E-state index < -0.39 is 13.9 Å². The first-order valence-electron chi connectivity index (χ1n) is 6.76. The first kappa shape index (κ1) is 15.2. The third-order valence-corrected chi connectivity index (χ3v) is 4.71. The predicted molar refractivity (Wildman–Crippen MR) is 77.2 cm³/mol. The van der Waals surface area contributed by atoms with Crippen molar-refractivity contribution in [2.45, 2.75) is 32.2 Å².